The zero-order chi connectivity index (χ0) is 23.5. The summed E-state index contributed by atoms with van der Waals surface area (Å²) in [6.45, 7) is 1.80. The lowest BCUT2D eigenvalue weighted by Gasteiger charge is -2.31. The van der Waals surface area contributed by atoms with Gasteiger partial charge in [0.25, 0.3) is 0 Å². The number of fused-ring (bicyclic) bond motifs is 1. The van der Waals surface area contributed by atoms with Gasteiger partial charge in [0.1, 0.15) is 21.5 Å². The first-order chi connectivity index (χ1) is 17.3. The number of amidine groups is 1. The van der Waals surface area contributed by atoms with E-state index >= 15 is 0 Å². The Balaban J connectivity index is 1.49. The van der Waals surface area contributed by atoms with E-state index in [2.05, 4.69) is 108 Å². The van der Waals surface area contributed by atoms with E-state index in [1.165, 1.54) is 11.1 Å². The van der Waals surface area contributed by atoms with E-state index in [1.54, 1.807) is 11.3 Å². The van der Waals surface area contributed by atoms with Gasteiger partial charge in [0.05, 0.1) is 0 Å². The fourth-order valence-electron chi connectivity index (χ4n) is 4.55. The fraction of sp³-hybridized carbons (Fsp3) is 0.0968. The summed E-state index contributed by atoms with van der Waals surface area (Å²) in [5.41, 5.74) is 7.07. The molecule has 5 aromatic rings. The van der Waals surface area contributed by atoms with Crippen molar-refractivity contribution in [2.45, 2.75) is 13.0 Å². The van der Waals surface area contributed by atoms with E-state index in [1.807, 2.05) is 12.1 Å². The molecule has 6 rings (SSSR count). The normalized spacial score (nSPS) is 13.5. The Labute approximate surface area is 210 Å². The Morgan fingerprint density at radius 1 is 0.686 bits per heavy atom. The Morgan fingerprint density at radius 2 is 1.29 bits per heavy atom. The second kappa shape index (κ2) is 9.69. The van der Waals surface area contributed by atoms with Crippen molar-refractivity contribution in [1.29, 1.82) is 0 Å². The first kappa shape index (κ1) is 21.5. The van der Waals surface area contributed by atoms with Gasteiger partial charge in [-0.3, -0.25) is 0 Å². The maximum atomic E-state index is 5.35. The zero-order valence-electron chi connectivity index (χ0n) is 19.3. The van der Waals surface area contributed by atoms with Crippen LogP contribution in [0.25, 0.3) is 21.8 Å². The predicted octanol–water partition coefficient (Wildman–Crippen LogP) is 7.61. The van der Waals surface area contributed by atoms with Crippen molar-refractivity contribution in [3.8, 4) is 21.8 Å². The van der Waals surface area contributed by atoms with Gasteiger partial charge < -0.3 is 4.90 Å². The summed E-state index contributed by atoms with van der Waals surface area (Å²) in [5, 5.41) is 1.92. The van der Waals surface area contributed by atoms with Crippen LogP contribution in [-0.2, 0) is 13.0 Å². The molecule has 0 aliphatic carbocycles. The highest BCUT2D eigenvalue weighted by atomic mass is 32.1. The van der Waals surface area contributed by atoms with Crippen LogP contribution >= 0.6 is 11.3 Å². The standard InChI is InChI=1S/C31H25N3S/c1-4-13-24(14-5-1)28-31(35-30(32-28)26-17-8-3-9-18-26)33-29(25-15-6-2-7-16-25)34-21-20-23-12-10-11-19-27(23)22-34/h1-19H,20-22H2/b33-29-. The molecule has 0 amide bonds. The Bertz CT molecular complexity index is 1460. The molecule has 4 aromatic carbocycles. The van der Waals surface area contributed by atoms with Crippen LogP contribution in [0.5, 0.6) is 0 Å². The van der Waals surface area contributed by atoms with Crippen molar-refractivity contribution in [1.82, 2.24) is 9.88 Å². The van der Waals surface area contributed by atoms with Crippen molar-refractivity contribution >= 4 is 22.2 Å². The average Bonchev–Trinajstić information content (AvgIpc) is 3.37. The molecule has 0 spiro atoms. The molecule has 0 fully saturated rings. The fourth-order valence-corrected chi connectivity index (χ4v) is 5.52. The Kier molecular flexibility index (Phi) is 5.95. The van der Waals surface area contributed by atoms with Crippen LogP contribution in [0.1, 0.15) is 16.7 Å². The molecule has 1 aromatic heterocycles. The molecule has 0 bridgehead atoms. The zero-order valence-corrected chi connectivity index (χ0v) is 20.2. The molecule has 0 unspecified atom stereocenters. The summed E-state index contributed by atoms with van der Waals surface area (Å²) in [6.07, 6.45) is 1.02. The van der Waals surface area contributed by atoms with Crippen LogP contribution < -0.4 is 0 Å². The van der Waals surface area contributed by atoms with E-state index in [4.69, 9.17) is 9.98 Å². The summed E-state index contributed by atoms with van der Waals surface area (Å²) in [4.78, 5) is 12.8. The van der Waals surface area contributed by atoms with E-state index in [-0.39, 0.29) is 0 Å². The molecule has 1 aliphatic rings. The van der Waals surface area contributed by atoms with Crippen molar-refractivity contribution < 1.29 is 0 Å². The molecular weight excluding hydrogens is 446 g/mol. The lowest BCUT2D eigenvalue weighted by atomic mass is 9.99. The largest absolute Gasteiger partial charge is 0.351 e. The summed E-state index contributed by atoms with van der Waals surface area (Å²) >= 11 is 1.65. The SMILES string of the molecule is c1ccc(/C(=N/c2sc(-c3ccccc3)nc2-c2ccccc2)N2CCc3ccccc3C2)cc1. The van der Waals surface area contributed by atoms with Crippen molar-refractivity contribution in [3.63, 3.8) is 0 Å². The summed E-state index contributed by atoms with van der Waals surface area (Å²) < 4.78 is 0. The number of benzene rings is 4. The summed E-state index contributed by atoms with van der Waals surface area (Å²) in [5.74, 6) is 1.00. The second-order valence-electron chi connectivity index (χ2n) is 8.65. The average molecular weight is 472 g/mol. The second-order valence-corrected chi connectivity index (χ2v) is 9.62. The van der Waals surface area contributed by atoms with Gasteiger partial charge in [0, 0.05) is 29.8 Å². The van der Waals surface area contributed by atoms with Gasteiger partial charge in [-0.05, 0) is 17.5 Å². The summed E-state index contributed by atoms with van der Waals surface area (Å²) in [6, 6.07) is 40.0. The maximum absolute atomic E-state index is 5.35. The first-order valence-electron chi connectivity index (χ1n) is 11.9. The predicted molar refractivity (Wildman–Crippen MR) is 146 cm³/mol. The molecule has 35 heavy (non-hydrogen) atoms. The van der Waals surface area contributed by atoms with Crippen molar-refractivity contribution in [3.05, 3.63) is 132 Å². The monoisotopic (exact) mass is 471 g/mol. The number of hydrogen-bond acceptors (Lipinski definition) is 3. The lowest BCUT2D eigenvalue weighted by molar-refractivity contribution is 0.395. The van der Waals surface area contributed by atoms with Crippen LogP contribution in [0.15, 0.2) is 120 Å². The number of thiazole rings is 1. The van der Waals surface area contributed by atoms with Crippen LogP contribution in [0.3, 0.4) is 0 Å². The maximum Gasteiger partial charge on any atom is 0.146 e. The van der Waals surface area contributed by atoms with Gasteiger partial charge in [-0.1, -0.05) is 127 Å². The van der Waals surface area contributed by atoms with E-state index in [0.29, 0.717) is 0 Å². The molecule has 2 heterocycles. The first-order valence-corrected chi connectivity index (χ1v) is 12.7. The number of aromatic nitrogens is 1. The molecule has 0 atom stereocenters. The minimum Gasteiger partial charge on any atom is -0.351 e. The smallest absolute Gasteiger partial charge is 0.146 e. The third-order valence-corrected chi connectivity index (χ3v) is 7.35. The highest BCUT2D eigenvalue weighted by molar-refractivity contribution is 7.19. The molecular formula is C31H25N3S. The molecule has 170 valence electrons. The molecule has 0 saturated heterocycles. The summed E-state index contributed by atoms with van der Waals surface area (Å²) in [7, 11) is 0. The third-order valence-electron chi connectivity index (χ3n) is 6.35. The van der Waals surface area contributed by atoms with Gasteiger partial charge in [0.2, 0.25) is 0 Å². The molecule has 1 aliphatic heterocycles. The van der Waals surface area contributed by atoms with Gasteiger partial charge in [-0.2, -0.15) is 0 Å². The quantitative estimate of drug-likeness (QED) is 0.199. The van der Waals surface area contributed by atoms with E-state index in [9.17, 15) is 0 Å². The lowest BCUT2D eigenvalue weighted by Crippen LogP contribution is -2.36. The molecule has 3 nitrogen and oxygen atoms in total. The molecule has 0 radical (unpaired) electrons. The molecule has 0 N–H and O–H groups in total. The highest BCUT2D eigenvalue weighted by Gasteiger charge is 2.22. The Hall–Kier alpha value is -4.02. The van der Waals surface area contributed by atoms with Gasteiger partial charge in [0.15, 0.2) is 0 Å². The van der Waals surface area contributed by atoms with Crippen molar-refractivity contribution in [2.24, 2.45) is 4.99 Å². The van der Waals surface area contributed by atoms with Gasteiger partial charge in [-0.15, -0.1) is 0 Å². The van der Waals surface area contributed by atoms with E-state index < -0.39 is 0 Å². The van der Waals surface area contributed by atoms with Crippen molar-refractivity contribution in [2.75, 3.05) is 6.54 Å². The Morgan fingerprint density at radius 3 is 2.00 bits per heavy atom. The van der Waals surface area contributed by atoms with Gasteiger partial charge >= 0.3 is 0 Å². The minimum atomic E-state index is 0.856. The molecule has 4 heteroatoms. The number of hydrogen-bond donors (Lipinski definition) is 0. The topological polar surface area (TPSA) is 28.5 Å². The van der Waals surface area contributed by atoms with Crippen LogP contribution in [0, 0.1) is 0 Å². The van der Waals surface area contributed by atoms with Crippen LogP contribution in [-0.4, -0.2) is 22.3 Å². The van der Waals surface area contributed by atoms with Crippen LogP contribution in [0.2, 0.25) is 0 Å². The number of rotatable bonds is 4. The molecule has 0 saturated carbocycles. The van der Waals surface area contributed by atoms with Crippen LogP contribution in [0.4, 0.5) is 5.00 Å². The van der Waals surface area contributed by atoms with E-state index in [0.717, 1.165) is 57.7 Å². The number of nitrogens with zero attached hydrogens (tertiary/aromatic N) is 3. The minimum absolute atomic E-state index is 0.856. The third kappa shape index (κ3) is 4.53. The highest BCUT2D eigenvalue weighted by Crippen LogP contribution is 2.40. The van der Waals surface area contributed by atoms with Gasteiger partial charge in [-0.25, -0.2) is 9.98 Å². The number of aliphatic imine (C=N–C) groups is 1.